The van der Waals surface area contributed by atoms with Gasteiger partial charge in [-0.25, -0.2) is 0 Å². The van der Waals surface area contributed by atoms with E-state index in [-0.39, 0.29) is 11.3 Å². The predicted octanol–water partition coefficient (Wildman–Crippen LogP) is 2.15. The van der Waals surface area contributed by atoms with Crippen LogP contribution in [0.3, 0.4) is 0 Å². The SMILES string of the molecule is CC(CNc1ccc(C(N)=O)cc1[N+](=O)[O-])C1CC1. The lowest BCUT2D eigenvalue weighted by atomic mass is 10.1. The van der Waals surface area contributed by atoms with Gasteiger partial charge in [-0.1, -0.05) is 6.92 Å². The monoisotopic (exact) mass is 263 g/mol. The molecule has 6 nitrogen and oxygen atoms in total. The molecule has 6 heteroatoms. The molecule has 1 aromatic rings. The van der Waals surface area contributed by atoms with Crippen molar-refractivity contribution < 1.29 is 9.72 Å². The number of nitro groups is 1. The molecule has 1 aromatic carbocycles. The highest BCUT2D eigenvalue weighted by Gasteiger charge is 2.28. The van der Waals surface area contributed by atoms with Gasteiger partial charge in [0.2, 0.25) is 5.91 Å². The Morgan fingerprint density at radius 1 is 1.58 bits per heavy atom. The van der Waals surface area contributed by atoms with E-state index in [9.17, 15) is 14.9 Å². The Morgan fingerprint density at radius 3 is 2.79 bits per heavy atom. The summed E-state index contributed by atoms with van der Waals surface area (Å²) >= 11 is 0. The number of amides is 1. The van der Waals surface area contributed by atoms with Crippen LogP contribution in [0.5, 0.6) is 0 Å². The average Bonchev–Trinajstić information content (AvgIpc) is 3.19. The molecule has 1 aliphatic rings. The second-order valence-corrected chi connectivity index (χ2v) is 5.05. The zero-order valence-electron chi connectivity index (χ0n) is 10.8. The number of hydrogen-bond acceptors (Lipinski definition) is 4. The van der Waals surface area contributed by atoms with Crippen molar-refractivity contribution in [1.29, 1.82) is 0 Å². The molecule has 0 aliphatic heterocycles. The van der Waals surface area contributed by atoms with E-state index in [1.54, 1.807) is 0 Å². The first-order chi connectivity index (χ1) is 8.99. The molecule has 1 saturated carbocycles. The lowest BCUT2D eigenvalue weighted by Gasteiger charge is -2.13. The molecule has 1 atom stereocenters. The van der Waals surface area contributed by atoms with Crippen molar-refractivity contribution in [2.24, 2.45) is 17.6 Å². The van der Waals surface area contributed by atoms with E-state index in [1.165, 1.54) is 31.0 Å². The number of hydrogen-bond donors (Lipinski definition) is 2. The fourth-order valence-electron chi connectivity index (χ4n) is 2.09. The van der Waals surface area contributed by atoms with E-state index < -0.39 is 10.8 Å². The van der Waals surface area contributed by atoms with Crippen molar-refractivity contribution in [3.05, 3.63) is 33.9 Å². The number of nitrogens with two attached hydrogens (primary N) is 1. The highest BCUT2D eigenvalue weighted by Crippen LogP contribution is 2.37. The van der Waals surface area contributed by atoms with Crippen LogP contribution in [0.4, 0.5) is 11.4 Å². The van der Waals surface area contributed by atoms with Gasteiger partial charge in [0.05, 0.1) is 4.92 Å². The third kappa shape index (κ3) is 3.21. The van der Waals surface area contributed by atoms with Gasteiger partial charge >= 0.3 is 0 Å². The number of benzene rings is 1. The van der Waals surface area contributed by atoms with Crippen LogP contribution in [0.25, 0.3) is 0 Å². The van der Waals surface area contributed by atoms with Crippen LogP contribution in [0.1, 0.15) is 30.1 Å². The highest BCUT2D eigenvalue weighted by atomic mass is 16.6. The maximum Gasteiger partial charge on any atom is 0.293 e. The largest absolute Gasteiger partial charge is 0.379 e. The van der Waals surface area contributed by atoms with E-state index in [1.807, 2.05) is 0 Å². The molecule has 102 valence electrons. The third-order valence-electron chi connectivity index (χ3n) is 3.52. The van der Waals surface area contributed by atoms with Gasteiger partial charge in [-0.3, -0.25) is 14.9 Å². The summed E-state index contributed by atoms with van der Waals surface area (Å²) in [4.78, 5) is 21.5. The maximum absolute atomic E-state index is 11.0. The molecule has 0 aromatic heterocycles. The fraction of sp³-hybridized carbons (Fsp3) is 0.462. The maximum atomic E-state index is 11.0. The van der Waals surface area contributed by atoms with Crippen molar-refractivity contribution in [3.8, 4) is 0 Å². The van der Waals surface area contributed by atoms with Crippen LogP contribution in [-0.4, -0.2) is 17.4 Å². The van der Waals surface area contributed by atoms with Crippen LogP contribution in [0.15, 0.2) is 18.2 Å². The average molecular weight is 263 g/mol. The molecule has 0 saturated heterocycles. The van der Waals surface area contributed by atoms with Crippen LogP contribution in [-0.2, 0) is 0 Å². The first kappa shape index (κ1) is 13.3. The fourth-order valence-corrected chi connectivity index (χ4v) is 2.09. The summed E-state index contributed by atoms with van der Waals surface area (Å²) in [5.74, 6) is 0.563. The number of carbonyl (C=O) groups is 1. The van der Waals surface area contributed by atoms with Crippen LogP contribution < -0.4 is 11.1 Å². The quantitative estimate of drug-likeness (QED) is 0.606. The normalized spacial score (nSPS) is 15.8. The van der Waals surface area contributed by atoms with Crippen LogP contribution >= 0.6 is 0 Å². The van der Waals surface area contributed by atoms with Gasteiger partial charge < -0.3 is 11.1 Å². The molecule has 1 aliphatic carbocycles. The van der Waals surface area contributed by atoms with E-state index in [4.69, 9.17) is 5.73 Å². The second kappa shape index (κ2) is 5.26. The van der Waals surface area contributed by atoms with Crippen molar-refractivity contribution in [2.45, 2.75) is 19.8 Å². The van der Waals surface area contributed by atoms with E-state index in [2.05, 4.69) is 12.2 Å². The zero-order valence-corrected chi connectivity index (χ0v) is 10.8. The smallest absolute Gasteiger partial charge is 0.293 e. The molecule has 0 heterocycles. The number of nitrogens with one attached hydrogen (secondary N) is 1. The zero-order chi connectivity index (χ0) is 14.0. The molecule has 0 bridgehead atoms. The molecule has 1 amide bonds. The summed E-state index contributed by atoms with van der Waals surface area (Å²) < 4.78 is 0. The minimum absolute atomic E-state index is 0.112. The van der Waals surface area contributed by atoms with E-state index >= 15 is 0 Å². The number of nitro benzene ring substituents is 1. The van der Waals surface area contributed by atoms with Crippen LogP contribution in [0, 0.1) is 22.0 Å². The lowest BCUT2D eigenvalue weighted by Crippen LogP contribution is -2.15. The first-order valence-electron chi connectivity index (χ1n) is 6.31. The molecule has 19 heavy (non-hydrogen) atoms. The minimum atomic E-state index is -0.666. The lowest BCUT2D eigenvalue weighted by molar-refractivity contribution is -0.384. The number of rotatable bonds is 6. The molecule has 1 fully saturated rings. The second-order valence-electron chi connectivity index (χ2n) is 5.05. The molecular weight excluding hydrogens is 246 g/mol. The molecular formula is C13H17N3O3. The van der Waals surface area contributed by atoms with Gasteiger partial charge in [0.15, 0.2) is 0 Å². The van der Waals surface area contributed by atoms with Crippen molar-refractivity contribution >= 4 is 17.3 Å². The Bertz CT molecular complexity index is 512. The van der Waals surface area contributed by atoms with Gasteiger partial charge in [0, 0.05) is 18.2 Å². The van der Waals surface area contributed by atoms with Crippen molar-refractivity contribution in [1.82, 2.24) is 0 Å². The molecule has 1 unspecified atom stereocenters. The summed E-state index contributed by atoms with van der Waals surface area (Å²) in [6, 6.07) is 4.25. The summed E-state index contributed by atoms with van der Waals surface area (Å²) in [7, 11) is 0. The summed E-state index contributed by atoms with van der Waals surface area (Å²) in [6.45, 7) is 2.83. The van der Waals surface area contributed by atoms with Crippen LogP contribution in [0.2, 0.25) is 0 Å². The Morgan fingerprint density at radius 2 is 2.26 bits per heavy atom. The summed E-state index contributed by atoms with van der Waals surface area (Å²) in [5, 5.41) is 14.1. The van der Waals surface area contributed by atoms with E-state index in [0.717, 1.165) is 5.92 Å². The van der Waals surface area contributed by atoms with E-state index in [0.29, 0.717) is 18.2 Å². The number of primary amides is 1. The Balaban J connectivity index is 2.13. The molecule has 0 spiro atoms. The number of anilines is 1. The first-order valence-corrected chi connectivity index (χ1v) is 6.31. The minimum Gasteiger partial charge on any atom is -0.379 e. The molecule has 2 rings (SSSR count). The topological polar surface area (TPSA) is 98.3 Å². The van der Waals surface area contributed by atoms with Gasteiger partial charge in [-0.15, -0.1) is 0 Å². The summed E-state index contributed by atoms with van der Waals surface area (Å²) in [5.41, 5.74) is 5.59. The molecule has 0 radical (unpaired) electrons. The number of nitrogens with zero attached hydrogens (tertiary/aromatic N) is 1. The Labute approximate surface area is 111 Å². The Kier molecular flexibility index (Phi) is 3.69. The highest BCUT2D eigenvalue weighted by molar-refractivity contribution is 5.94. The standard InChI is InChI=1S/C13H17N3O3/c1-8(9-2-3-9)7-15-11-5-4-10(13(14)17)6-12(11)16(18)19/h4-6,8-9,15H,2-3,7H2,1H3,(H2,14,17). The van der Waals surface area contributed by atoms with Crippen molar-refractivity contribution in [2.75, 3.05) is 11.9 Å². The predicted molar refractivity (Wildman–Crippen MR) is 72.0 cm³/mol. The summed E-state index contributed by atoms with van der Waals surface area (Å²) in [6.07, 6.45) is 2.48. The third-order valence-corrected chi connectivity index (χ3v) is 3.52. The number of carbonyl (C=O) groups excluding carboxylic acids is 1. The molecule has 3 N–H and O–H groups in total. The van der Waals surface area contributed by atoms with Gasteiger partial charge in [0.25, 0.3) is 5.69 Å². The Hall–Kier alpha value is -2.11. The van der Waals surface area contributed by atoms with Crippen molar-refractivity contribution in [3.63, 3.8) is 0 Å². The van der Waals surface area contributed by atoms with Gasteiger partial charge in [-0.2, -0.15) is 0 Å². The van der Waals surface area contributed by atoms with Gasteiger partial charge in [-0.05, 0) is 36.8 Å². The van der Waals surface area contributed by atoms with Gasteiger partial charge in [0.1, 0.15) is 5.69 Å².